The zero-order valence-corrected chi connectivity index (χ0v) is 13.6. The molecular weight excluding hydrogens is 306 g/mol. The summed E-state index contributed by atoms with van der Waals surface area (Å²) >= 11 is 3.54. The Bertz CT molecular complexity index is 426. The Labute approximate surface area is 123 Å². The van der Waals surface area contributed by atoms with E-state index < -0.39 is 0 Å². The Morgan fingerprint density at radius 3 is 2.63 bits per heavy atom. The second kappa shape index (κ2) is 6.94. The number of ether oxygens (including phenoxy) is 1. The van der Waals surface area contributed by atoms with Gasteiger partial charge >= 0.3 is 0 Å². The van der Waals surface area contributed by atoms with Crippen LogP contribution in [-0.4, -0.2) is 17.8 Å². The molecule has 0 aliphatic carbocycles. The standard InChI is InChI=1S/C15H22BrNO2/c1-11(18)17-13-6-5-7-14(8-13)19-10-12(9-16)15(2,3)4/h5-8,12H,9-10H2,1-4H3,(H,17,18). The molecule has 1 aromatic rings. The van der Waals surface area contributed by atoms with E-state index in [1.165, 1.54) is 6.92 Å². The van der Waals surface area contributed by atoms with E-state index >= 15 is 0 Å². The van der Waals surface area contributed by atoms with Crippen LogP contribution in [0.4, 0.5) is 5.69 Å². The number of benzene rings is 1. The van der Waals surface area contributed by atoms with Crippen LogP contribution >= 0.6 is 15.9 Å². The Balaban J connectivity index is 2.64. The van der Waals surface area contributed by atoms with Crippen LogP contribution < -0.4 is 10.1 Å². The molecule has 0 aliphatic rings. The van der Waals surface area contributed by atoms with Crippen molar-refractivity contribution in [2.45, 2.75) is 27.7 Å². The molecule has 3 nitrogen and oxygen atoms in total. The number of amides is 1. The smallest absolute Gasteiger partial charge is 0.221 e. The summed E-state index contributed by atoms with van der Waals surface area (Å²) in [6.45, 7) is 8.76. The second-order valence-electron chi connectivity index (χ2n) is 5.74. The summed E-state index contributed by atoms with van der Waals surface area (Å²) in [5.74, 6) is 1.13. The summed E-state index contributed by atoms with van der Waals surface area (Å²) < 4.78 is 5.83. The zero-order valence-electron chi connectivity index (χ0n) is 12.0. The molecule has 1 amide bonds. The highest BCUT2D eigenvalue weighted by atomic mass is 79.9. The monoisotopic (exact) mass is 327 g/mol. The average molecular weight is 328 g/mol. The average Bonchev–Trinajstić information content (AvgIpc) is 2.27. The number of hydrogen-bond acceptors (Lipinski definition) is 2. The number of hydrogen-bond donors (Lipinski definition) is 1. The Morgan fingerprint density at radius 2 is 2.11 bits per heavy atom. The molecule has 0 heterocycles. The molecule has 1 aromatic carbocycles. The molecule has 19 heavy (non-hydrogen) atoms. The summed E-state index contributed by atoms with van der Waals surface area (Å²) in [7, 11) is 0. The van der Waals surface area contributed by atoms with Crippen LogP contribution in [0.3, 0.4) is 0 Å². The van der Waals surface area contributed by atoms with Gasteiger partial charge in [0.2, 0.25) is 5.91 Å². The summed E-state index contributed by atoms with van der Waals surface area (Å²) in [6, 6.07) is 7.47. The first kappa shape index (κ1) is 16.0. The van der Waals surface area contributed by atoms with E-state index in [1.54, 1.807) is 0 Å². The zero-order chi connectivity index (χ0) is 14.5. The van der Waals surface area contributed by atoms with Crippen molar-refractivity contribution in [3.63, 3.8) is 0 Å². The highest BCUT2D eigenvalue weighted by Crippen LogP contribution is 2.28. The van der Waals surface area contributed by atoms with E-state index in [1.807, 2.05) is 24.3 Å². The SMILES string of the molecule is CC(=O)Nc1cccc(OCC(CBr)C(C)(C)C)c1. The van der Waals surface area contributed by atoms with E-state index in [4.69, 9.17) is 4.74 Å². The van der Waals surface area contributed by atoms with Gasteiger partial charge in [-0.3, -0.25) is 4.79 Å². The topological polar surface area (TPSA) is 38.3 Å². The molecule has 0 aliphatic heterocycles. The van der Waals surface area contributed by atoms with Gasteiger partial charge in [0.25, 0.3) is 0 Å². The minimum Gasteiger partial charge on any atom is -0.493 e. The maximum Gasteiger partial charge on any atom is 0.221 e. The molecule has 106 valence electrons. The molecule has 0 spiro atoms. The van der Waals surface area contributed by atoms with Crippen molar-refractivity contribution in [1.82, 2.24) is 0 Å². The van der Waals surface area contributed by atoms with Gasteiger partial charge in [0, 0.05) is 29.9 Å². The predicted molar refractivity (Wildman–Crippen MR) is 83.0 cm³/mol. The minimum atomic E-state index is -0.0785. The third-order valence-corrected chi connectivity index (χ3v) is 3.80. The van der Waals surface area contributed by atoms with Crippen molar-refractivity contribution in [3.8, 4) is 5.75 Å². The number of rotatable bonds is 5. The molecule has 1 rings (SSSR count). The van der Waals surface area contributed by atoms with Gasteiger partial charge < -0.3 is 10.1 Å². The lowest BCUT2D eigenvalue weighted by Crippen LogP contribution is -2.27. The molecular formula is C15H22BrNO2. The van der Waals surface area contributed by atoms with Crippen molar-refractivity contribution in [3.05, 3.63) is 24.3 Å². The van der Waals surface area contributed by atoms with Crippen LogP contribution in [0.2, 0.25) is 0 Å². The van der Waals surface area contributed by atoms with Gasteiger partial charge in [0.1, 0.15) is 5.75 Å². The fourth-order valence-corrected chi connectivity index (χ4v) is 2.75. The van der Waals surface area contributed by atoms with E-state index in [-0.39, 0.29) is 11.3 Å². The molecule has 1 unspecified atom stereocenters. The van der Waals surface area contributed by atoms with Crippen molar-refractivity contribution in [1.29, 1.82) is 0 Å². The van der Waals surface area contributed by atoms with Crippen LogP contribution in [-0.2, 0) is 4.79 Å². The van der Waals surface area contributed by atoms with Crippen molar-refractivity contribution in [2.75, 3.05) is 17.3 Å². The van der Waals surface area contributed by atoms with Gasteiger partial charge in [0.15, 0.2) is 0 Å². The summed E-state index contributed by atoms with van der Waals surface area (Å²) in [5, 5.41) is 3.65. The molecule has 0 fully saturated rings. The van der Waals surface area contributed by atoms with E-state index in [9.17, 15) is 4.79 Å². The molecule has 0 saturated heterocycles. The lowest BCUT2D eigenvalue weighted by molar-refractivity contribution is -0.114. The highest BCUT2D eigenvalue weighted by Gasteiger charge is 2.24. The van der Waals surface area contributed by atoms with Gasteiger partial charge in [-0.1, -0.05) is 42.8 Å². The van der Waals surface area contributed by atoms with Crippen molar-refractivity contribution >= 4 is 27.5 Å². The third kappa shape index (κ3) is 5.64. The number of nitrogens with one attached hydrogen (secondary N) is 1. The quantitative estimate of drug-likeness (QED) is 0.827. The summed E-state index contributed by atoms with van der Waals surface area (Å²) in [4.78, 5) is 11.0. The van der Waals surface area contributed by atoms with Crippen LogP contribution in [0.25, 0.3) is 0 Å². The number of anilines is 1. The number of alkyl halides is 1. The Hall–Kier alpha value is -1.03. The first-order valence-corrected chi connectivity index (χ1v) is 7.51. The van der Waals surface area contributed by atoms with Gasteiger partial charge in [-0.2, -0.15) is 0 Å². The van der Waals surface area contributed by atoms with Gasteiger partial charge in [-0.05, 0) is 17.5 Å². The van der Waals surface area contributed by atoms with E-state index in [0.717, 1.165) is 16.8 Å². The lowest BCUT2D eigenvalue weighted by atomic mass is 9.83. The fraction of sp³-hybridized carbons (Fsp3) is 0.533. The maximum absolute atomic E-state index is 11.0. The van der Waals surface area contributed by atoms with Crippen LogP contribution in [0, 0.1) is 11.3 Å². The molecule has 0 radical (unpaired) electrons. The van der Waals surface area contributed by atoms with Gasteiger partial charge in [-0.25, -0.2) is 0 Å². The van der Waals surface area contributed by atoms with Gasteiger partial charge in [-0.15, -0.1) is 0 Å². The maximum atomic E-state index is 11.0. The molecule has 1 N–H and O–H groups in total. The van der Waals surface area contributed by atoms with E-state index in [0.29, 0.717) is 12.5 Å². The van der Waals surface area contributed by atoms with E-state index in [2.05, 4.69) is 42.0 Å². The molecule has 0 bridgehead atoms. The molecule has 1 atom stereocenters. The van der Waals surface area contributed by atoms with Crippen molar-refractivity contribution in [2.24, 2.45) is 11.3 Å². The highest BCUT2D eigenvalue weighted by molar-refractivity contribution is 9.09. The molecule has 4 heteroatoms. The van der Waals surface area contributed by atoms with Gasteiger partial charge in [0.05, 0.1) is 6.61 Å². The summed E-state index contributed by atoms with van der Waals surface area (Å²) in [6.07, 6.45) is 0. The lowest BCUT2D eigenvalue weighted by Gasteiger charge is -2.29. The number of carbonyl (C=O) groups excluding carboxylic acids is 1. The number of halogens is 1. The second-order valence-corrected chi connectivity index (χ2v) is 6.38. The summed E-state index contributed by atoms with van der Waals surface area (Å²) in [5.41, 5.74) is 0.954. The van der Waals surface area contributed by atoms with Crippen molar-refractivity contribution < 1.29 is 9.53 Å². The van der Waals surface area contributed by atoms with Crippen LogP contribution in [0.5, 0.6) is 5.75 Å². The first-order chi connectivity index (χ1) is 8.82. The Kier molecular flexibility index (Phi) is 5.85. The minimum absolute atomic E-state index is 0.0785. The largest absolute Gasteiger partial charge is 0.493 e. The normalized spacial score (nSPS) is 12.9. The first-order valence-electron chi connectivity index (χ1n) is 6.39. The fourth-order valence-electron chi connectivity index (χ4n) is 1.59. The van der Waals surface area contributed by atoms with Crippen LogP contribution in [0.15, 0.2) is 24.3 Å². The molecule has 0 aromatic heterocycles. The predicted octanol–water partition coefficient (Wildman–Crippen LogP) is 4.08. The Morgan fingerprint density at radius 1 is 1.42 bits per heavy atom. The third-order valence-electron chi connectivity index (χ3n) is 3.02. The van der Waals surface area contributed by atoms with Crippen LogP contribution in [0.1, 0.15) is 27.7 Å². The molecule has 0 saturated carbocycles. The number of carbonyl (C=O) groups is 1.